The molecule has 0 aliphatic heterocycles. The summed E-state index contributed by atoms with van der Waals surface area (Å²) in [4.78, 5) is 0.385. The molecule has 0 amide bonds. The minimum absolute atomic E-state index is 0.385. The third-order valence-electron chi connectivity index (χ3n) is 4.15. The Labute approximate surface area is 130 Å². The average Bonchev–Trinajstić information content (AvgIpc) is 2.87. The van der Waals surface area contributed by atoms with Crippen LogP contribution in [0.4, 0.5) is 0 Å². The van der Waals surface area contributed by atoms with Gasteiger partial charge in [-0.1, -0.05) is 29.4 Å². The molecule has 0 saturated carbocycles. The standard InChI is InChI=1S/C17H19NO3S/c1-12-17(13(2)21-18-12)14-7-6-10-16(11-14)22(19,20)15-8-4-3-5-9-15/h3-5,8-9,11,16H,6-7,10H2,1-2H3. The van der Waals surface area contributed by atoms with Gasteiger partial charge in [0.25, 0.3) is 0 Å². The zero-order chi connectivity index (χ0) is 15.7. The molecule has 2 aromatic rings. The quantitative estimate of drug-likeness (QED) is 0.866. The maximum absolute atomic E-state index is 12.8. The van der Waals surface area contributed by atoms with Crippen molar-refractivity contribution in [1.82, 2.24) is 5.16 Å². The van der Waals surface area contributed by atoms with Crippen LogP contribution in [-0.4, -0.2) is 18.8 Å². The molecule has 0 saturated heterocycles. The third kappa shape index (κ3) is 2.61. The van der Waals surface area contributed by atoms with Crippen LogP contribution in [0.3, 0.4) is 0 Å². The highest BCUT2D eigenvalue weighted by atomic mass is 32.2. The monoisotopic (exact) mass is 317 g/mol. The van der Waals surface area contributed by atoms with E-state index >= 15 is 0 Å². The van der Waals surface area contributed by atoms with E-state index in [1.807, 2.05) is 26.0 Å². The van der Waals surface area contributed by atoms with E-state index in [4.69, 9.17) is 4.52 Å². The maximum atomic E-state index is 12.8. The number of nitrogens with zero attached hydrogens (tertiary/aromatic N) is 1. The molecule has 0 bridgehead atoms. The van der Waals surface area contributed by atoms with Gasteiger partial charge in [0.2, 0.25) is 0 Å². The summed E-state index contributed by atoms with van der Waals surface area (Å²) in [5, 5.41) is 3.49. The predicted octanol–water partition coefficient (Wildman–Crippen LogP) is 3.70. The molecule has 0 N–H and O–H groups in total. The summed E-state index contributed by atoms with van der Waals surface area (Å²) in [5.41, 5.74) is 2.82. The summed E-state index contributed by atoms with van der Waals surface area (Å²) in [5.74, 6) is 0.751. The Morgan fingerprint density at radius 2 is 1.91 bits per heavy atom. The second-order valence-corrected chi connectivity index (χ2v) is 7.85. The van der Waals surface area contributed by atoms with Crippen molar-refractivity contribution in [2.75, 3.05) is 0 Å². The lowest BCUT2D eigenvalue weighted by Gasteiger charge is -2.21. The number of aryl methyl sites for hydroxylation is 2. The van der Waals surface area contributed by atoms with E-state index in [9.17, 15) is 8.42 Å². The van der Waals surface area contributed by atoms with Gasteiger partial charge in [-0.05, 0) is 50.8 Å². The molecule has 0 spiro atoms. The topological polar surface area (TPSA) is 60.2 Å². The SMILES string of the molecule is Cc1noc(C)c1C1=CC(S(=O)(=O)c2ccccc2)CCC1. The van der Waals surface area contributed by atoms with E-state index in [-0.39, 0.29) is 0 Å². The lowest BCUT2D eigenvalue weighted by molar-refractivity contribution is 0.393. The first-order valence-electron chi connectivity index (χ1n) is 7.43. The summed E-state index contributed by atoms with van der Waals surface area (Å²) >= 11 is 0. The van der Waals surface area contributed by atoms with Crippen LogP contribution < -0.4 is 0 Å². The molecule has 1 aromatic carbocycles. The molecule has 0 radical (unpaired) electrons. The van der Waals surface area contributed by atoms with Crippen LogP contribution in [0, 0.1) is 13.8 Å². The van der Waals surface area contributed by atoms with E-state index in [2.05, 4.69) is 5.16 Å². The van der Waals surface area contributed by atoms with Gasteiger partial charge in [0.15, 0.2) is 9.84 Å². The van der Waals surface area contributed by atoms with Gasteiger partial charge in [0.1, 0.15) is 5.76 Å². The molecular formula is C17H19NO3S. The molecule has 1 aromatic heterocycles. The van der Waals surface area contributed by atoms with Crippen molar-refractivity contribution in [3.05, 3.63) is 53.4 Å². The zero-order valence-corrected chi connectivity index (χ0v) is 13.6. The lowest BCUT2D eigenvalue weighted by atomic mass is 9.92. The molecule has 0 fully saturated rings. The first-order valence-corrected chi connectivity index (χ1v) is 8.97. The van der Waals surface area contributed by atoms with E-state index < -0.39 is 15.1 Å². The van der Waals surface area contributed by atoms with E-state index in [1.165, 1.54) is 0 Å². The highest BCUT2D eigenvalue weighted by Crippen LogP contribution is 2.34. The highest BCUT2D eigenvalue weighted by molar-refractivity contribution is 7.92. The van der Waals surface area contributed by atoms with Crippen molar-refractivity contribution in [1.29, 1.82) is 0 Å². The van der Waals surface area contributed by atoms with Crippen molar-refractivity contribution in [2.24, 2.45) is 0 Å². The molecule has 116 valence electrons. The number of rotatable bonds is 3. The molecule has 1 heterocycles. The maximum Gasteiger partial charge on any atom is 0.184 e. The van der Waals surface area contributed by atoms with Gasteiger partial charge in [-0.25, -0.2) is 8.42 Å². The fraction of sp³-hybridized carbons (Fsp3) is 0.353. The molecule has 1 unspecified atom stereocenters. The molecule has 4 nitrogen and oxygen atoms in total. The zero-order valence-electron chi connectivity index (χ0n) is 12.7. The summed E-state index contributed by atoms with van der Waals surface area (Å²) in [6, 6.07) is 8.66. The Morgan fingerprint density at radius 1 is 1.18 bits per heavy atom. The van der Waals surface area contributed by atoms with Crippen LogP contribution in [0.15, 0.2) is 45.8 Å². The Balaban J connectivity index is 2.01. The Hall–Kier alpha value is -1.88. The highest BCUT2D eigenvalue weighted by Gasteiger charge is 2.29. The minimum atomic E-state index is -3.34. The Kier molecular flexibility index (Phi) is 3.91. The number of benzene rings is 1. The molecule has 22 heavy (non-hydrogen) atoms. The molecule has 3 rings (SSSR count). The smallest absolute Gasteiger partial charge is 0.184 e. The Bertz CT molecular complexity index is 784. The summed E-state index contributed by atoms with van der Waals surface area (Å²) in [7, 11) is -3.34. The number of aromatic nitrogens is 1. The van der Waals surface area contributed by atoms with Crippen LogP contribution in [0.2, 0.25) is 0 Å². The lowest BCUT2D eigenvalue weighted by Crippen LogP contribution is -2.22. The van der Waals surface area contributed by atoms with Crippen LogP contribution in [0.25, 0.3) is 5.57 Å². The van der Waals surface area contributed by atoms with Gasteiger partial charge in [0.05, 0.1) is 15.8 Å². The number of allylic oxidation sites excluding steroid dienone is 1. The van der Waals surface area contributed by atoms with Crippen LogP contribution in [0.5, 0.6) is 0 Å². The van der Waals surface area contributed by atoms with E-state index in [1.54, 1.807) is 24.3 Å². The van der Waals surface area contributed by atoms with Crippen molar-refractivity contribution in [2.45, 2.75) is 43.3 Å². The first kappa shape index (κ1) is 15.0. The molecule has 1 aliphatic carbocycles. The second kappa shape index (κ2) is 5.72. The number of hydrogen-bond donors (Lipinski definition) is 0. The van der Waals surface area contributed by atoms with Crippen LogP contribution in [0.1, 0.15) is 36.3 Å². The van der Waals surface area contributed by atoms with Gasteiger partial charge in [0, 0.05) is 5.56 Å². The first-order chi connectivity index (χ1) is 10.5. The minimum Gasteiger partial charge on any atom is -0.361 e. The van der Waals surface area contributed by atoms with Crippen LogP contribution in [-0.2, 0) is 9.84 Å². The second-order valence-electron chi connectivity index (χ2n) is 5.68. The van der Waals surface area contributed by atoms with Crippen LogP contribution >= 0.6 is 0 Å². The fourth-order valence-corrected chi connectivity index (χ4v) is 4.77. The van der Waals surface area contributed by atoms with E-state index in [0.29, 0.717) is 11.3 Å². The molecule has 5 heteroatoms. The van der Waals surface area contributed by atoms with Crippen molar-refractivity contribution in [3.63, 3.8) is 0 Å². The summed E-state index contributed by atoms with van der Waals surface area (Å²) in [6.45, 7) is 3.76. The van der Waals surface area contributed by atoms with Gasteiger partial charge in [-0.3, -0.25) is 0 Å². The fourth-order valence-electron chi connectivity index (χ4n) is 3.06. The Morgan fingerprint density at radius 3 is 2.55 bits per heavy atom. The number of hydrogen-bond acceptors (Lipinski definition) is 4. The van der Waals surface area contributed by atoms with Crippen molar-refractivity contribution < 1.29 is 12.9 Å². The normalized spacial score (nSPS) is 19.0. The molecular weight excluding hydrogens is 298 g/mol. The van der Waals surface area contributed by atoms with E-state index in [0.717, 1.165) is 35.4 Å². The van der Waals surface area contributed by atoms with Gasteiger partial charge < -0.3 is 4.52 Å². The van der Waals surface area contributed by atoms with Gasteiger partial charge in [-0.15, -0.1) is 0 Å². The van der Waals surface area contributed by atoms with Gasteiger partial charge >= 0.3 is 0 Å². The van der Waals surface area contributed by atoms with Crippen molar-refractivity contribution >= 4 is 15.4 Å². The third-order valence-corrected chi connectivity index (χ3v) is 6.24. The summed E-state index contributed by atoms with van der Waals surface area (Å²) in [6.07, 6.45) is 4.26. The molecule has 1 atom stereocenters. The van der Waals surface area contributed by atoms with Crippen molar-refractivity contribution in [3.8, 4) is 0 Å². The summed E-state index contributed by atoms with van der Waals surface area (Å²) < 4.78 is 30.8. The average molecular weight is 317 g/mol. The predicted molar refractivity (Wildman–Crippen MR) is 85.2 cm³/mol. The molecule has 1 aliphatic rings. The number of sulfone groups is 1. The van der Waals surface area contributed by atoms with Gasteiger partial charge in [-0.2, -0.15) is 0 Å². The largest absolute Gasteiger partial charge is 0.361 e.